The van der Waals surface area contributed by atoms with Crippen LogP contribution >= 0.6 is 0 Å². The Morgan fingerprint density at radius 3 is 2.24 bits per heavy atom. The Hall–Kier alpha value is -1.22. The lowest BCUT2D eigenvalue weighted by atomic mass is 9.79. The van der Waals surface area contributed by atoms with Crippen molar-refractivity contribution in [1.82, 2.24) is 5.32 Å². The van der Waals surface area contributed by atoms with Gasteiger partial charge in [-0.15, -0.1) is 0 Å². The highest BCUT2D eigenvalue weighted by Crippen LogP contribution is 2.32. The van der Waals surface area contributed by atoms with Crippen LogP contribution in [0.15, 0.2) is 24.3 Å². The SMILES string of the molecule is CCC(CC)(CCOc1ccccc1OC)CNC(C)C. The maximum absolute atomic E-state index is 5.94. The molecule has 21 heavy (non-hydrogen) atoms. The number of methoxy groups -OCH3 is 1. The van der Waals surface area contributed by atoms with Crippen LogP contribution in [0.25, 0.3) is 0 Å². The second kappa shape index (κ2) is 8.93. The maximum Gasteiger partial charge on any atom is 0.161 e. The van der Waals surface area contributed by atoms with Crippen molar-refractivity contribution in [3.63, 3.8) is 0 Å². The summed E-state index contributed by atoms with van der Waals surface area (Å²) in [5.41, 5.74) is 0.312. The maximum atomic E-state index is 5.94. The van der Waals surface area contributed by atoms with Crippen molar-refractivity contribution in [3.8, 4) is 11.5 Å². The van der Waals surface area contributed by atoms with Gasteiger partial charge in [0.15, 0.2) is 11.5 Å². The van der Waals surface area contributed by atoms with Crippen LogP contribution in [-0.4, -0.2) is 26.3 Å². The molecule has 0 amide bonds. The Kier molecular flexibility index (Phi) is 7.58. The summed E-state index contributed by atoms with van der Waals surface area (Å²) in [7, 11) is 1.68. The molecule has 0 radical (unpaired) electrons. The molecule has 1 N–H and O–H groups in total. The first kappa shape index (κ1) is 17.8. The molecule has 0 atom stereocenters. The first-order valence-corrected chi connectivity index (χ1v) is 8.06. The average molecular weight is 293 g/mol. The summed E-state index contributed by atoms with van der Waals surface area (Å²) in [6, 6.07) is 8.36. The normalized spacial score (nSPS) is 11.7. The lowest BCUT2D eigenvalue weighted by Gasteiger charge is -2.33. The van der Waals surface area contributed by atoms with Gasteiger partial charge in [0.25, 0.3) is 0 Å². The van der Waals surface area contributed by atoms with E-state index in [-0.39, 0.29) is 0 Å². The van der Waals surface area contributed by atoms with Crippen LogP contribution in [0, 0.1) is 5.41 Å². The molecule has 0 aliphatic heterocycles. The summed E-state index contributed by atoms with van der Waals surface area (Å²) in [6.07, 6.45) is 3.38. The highest BCUT2D eigenvalue weighted by molar-refractivity contribution is 5.39. The van der Waals surface area contributed by atoms with Gasteiger partial charge in [0.1, 0.15) is 0 Å². The second-order valence-electron chi connectivity index (χ2n) is 5.99. The molecule has 1 aromatic carbocycles. The summed E-state index contributed by atoms with van der Waals surface area (Å²) in [6.45, 7) is 10.7. The molecule has 0 heterocycles. The van der Waals surface area contributed by atoms with E-state index in [0.29, 0.717) is 11.5 Å². The number of para-hydroxylation sites is 2. The van der Waals surface area contributed by atoms with Crippen molar-refractivity contribution in [2.75, 3.05) is 20.3 Å². The molecular weight excluding hydrogens is 262 g/mol. The monoisotopic (exact) mass is 293 g/mol. The molecule has 0 aliphatic carbocycles. The van der Waals surface area contributed by atoms with E-state index in [1.165, 1.54) is 12.8 Å². The van der Waals surface area contributed by atoms with E-state index in [9.17, 15) is 0 Å². The fourth-order valence-corrected chi connectivity index (χ4v) is 2.48. The van der Waals surface area contributed by atoms with Crippen LogP contribution in [-0.2, 0) is 0 Å². The average Bonchev–Trinajstić information content (AvgIpc) is 2.51. The predicted octanol–water partition coefficient (Wildman–Crippen LogP) is 4.27. The lowest BCUT2D eigenvalue weighted by Crippen LogP contribution is -2.38. The molecule has 0 unspecified atom stereocenters. The highest BCUT2D eigenvalue weighted by atomic mass is 16.5. The molecule has 0 bridgehead atoms. The molecule has 3 nitrogen and oxygen atoms in total. The van der Waals surface area contributed by atoms with Gasteiger partial charge in [-0.3, -0.25) is 0 Å². The highest BCUT2D eigenvalue weighted by Gasteiger charge is 2.26. The third-order valence-corrected chi connectivity index (χ3v) is 4.34. The number of hydrogen-bond acceptors (Lipinski definition) is 3. The van der Waals surface area contributed by atoms with Crippen LogP contribution in [0.2, 0.25) is 0 Å². The number of rotatable bonds is 10. The van der Waals surface area contributed by atoms with Gasteiger partial charge in [-0.1, -0.05) is 39.8 Å². The molecule has 0 spiro atoms. The standard InChI is InChI=1S/C18H31NO2/c1-6-18(7-2,14-19-15(3)4)12-13-21-17-11-9-8-10-16(17)20-5/h8-11,15,19H,6-7,12-14H2,1-5H3. The Bertz CT molecular complexity index is 400. The predicted molar refractivity (Wildman–Crippen MR) is 89.3 cm³/mol. The summed E-state index contributed by atoms with van der Waals surface area (Å²) in [5.74, 6) is 1.63. The van der Waals surface area contributed by atoms with Gasteiger partial charge in [0.05, 0.1) is 13.7 Å². The Labute approximate surface area is 130 Å². The molecule has 0 aliphatic rings. The first-order chi connectivity index (χ1) is 10.1. The molecule has 1 rings (SSSR count). The van der Waals surface area contributed by atoms with E-state index in [2.05, 4.69) is 33.0 Å². The van der Waals surface area contributed by atoms with Crippen molar-refractivity contribution >= 4 is 0 Å². The van der Waals surface area contributed by atoms with Crippen LogP contribution in [0.3, 0.4) is 0 Å². The van der Waals surface area contributed by atoms with E-state index >= 15 is 0 Å². The lowest BCUT2D eigenvalue weighted by molar-refractivity contribution is 0.169. The molecule has 0 saturated carbocycles. The Balaban J connectivity index is 2.57. The zero-order chi connectivity index (χ0) is 15.7. The number of benzene rings is 1. The van der Waals surface area contributed by atoms with Crippen LogP contribution < -0.4 is 14.8 Å². The molecule has 0 saturated heterocycles. The van der Waals surface area contributed by atoms with E-state index in [0.717, 1.165) is 31.1 Å². The smallest absolute Gasteiger partial charge is 0.161 e. The Morgan fingerprint density at radius 1 is 1.10 bits per heavy atom. The summed E-state index contributed by atoms with van der Waals surface area (Å²) in [4.78, 5) is 0. The number of ether oxygens (including phenoxy) is 2. The van der Waals surface area contributed by atoms with Gasteiger partial charge in [-0.05, 0) is 36.8 Å². The zero-order valence-corrected chi connectivity index (χ0v) is 14.2. The van der Waals surface area contributed by atoms with Gasteiger partial charge >= 0.3 is 0 Å². The summed E-state index contributed by atoms with van der Waals surface area (Å²) < 4.78 is 11.3. The third-order valence-electron chi connectivity index (χ3n) is 4.34. The minimum Gasteiger partial charge on any atom is -0.493 e. The molecule has 3 heteroatoms. The van der Waals surface area contributed by atoms with Crippen molar-refractivity contribution in [1.29, 1.82) is 0 Å². The van der Waals surface area contributed by atoms with Gasteiger partial charge in [-0.2, -0.15) is 0 Å². The van der Waals surface area contributed by atoms with Gasteiger partial charge in [0.2, 0.25) is 0 Å². The fraction of sp³-hybridized carbons (Fsp3) is 0.667. The second-order valence-corrected chi connectivity index (χ2v) is 5.99. The zero-order valence-electron chi connectivity index (χ0n) is 14.2. The van der Waals surface area contributed by atoms with Crippen LogP contribution in [0.5, 0.6) is 11.5 Å². The number of nitrogens with one attached hydrogen (secondary N) is 1. The fourth-order valence-electron chi connectivity index (χ4n) is 2.48. The van der Waals surface area contributed by atoms with E-state index in [1.807, 2.05) is 24.3 Å². The first-order valence-electron chi connectivity index (χ1n) is 8.06. The quantitative estimate of drug-likeness (QED) is 0.699. The largest absolute Gasteiger partial charge is 0.493 e. The van der Waals surface area contributed by atoms with Gasteiger partial charge in [-0.25, -0.2) is 0 Å². The van der Waals surface area contributed by atoms with Crippen molar-refractivity contribution in [3.05, 3.63) is 24.3 Å². The minimum atomic E-state index is 0.312. The van der Waals surface area contributed by atoms with E-state index in [4.69, 9.17) is 9.47 Å². The molecular formula is C18H31NO2. The van der Waals surface area contributed by atoms with Gasteiger partial charge in [0, 0.05) is 12.6 Å². The summed E-state index contributed by atoms with van der Waals surface area (Å²) >= 11 is 0. The van der Waals surface area contributed by atoms with Crippen molar-refractivity contribution < 1.29 is 9.47 Å². The van der Waals surface area contributed by atoms with Crippen molar-refractivity contribution in [2.45, 2.75) is 53.0 Å². The molecule has 120 valence electrons. The topological polar surface area (TPSA) is 30.5 Å². The Morgan fingerprint density at radius 2 is 1.71 bits per heavy atom. The van der Waals surface area contributed by atoms with Crippen LogP contribution in [0.1, 0.15) is 47.0 Å². The van der Waals surface area contributed by atoms with E-state index < -0.39 is 0 Å². The minimum absolute atomic E-state index is 0.312. The number of hydrogen-bond donors (Lipinski definition) is 1. The van der Waals surface area contributed by atoms with Gasteiger partial charge < -0.3 is 14.8 Å². The van der Waals surface area contributed by atoms with Crippen LogP contribution in [0.4, 0.5) is 0 Å². The van der Waals surface area contributed by atoms with Crippen molar-refractivity contribution in [2.24, 2.45) is 5.41 Å². The molecule has 1 aromatic rings. The summed E-state index contributed by atoms with van der Waals surface area (Å²) in [5, 5.41) is 3.58. The third kappa shape index (κ3) is 5.58. The van der Waals surface area contributed by atoms with E-state index in [1.54, 1.807) is 7.11 Å². The molecule has 0 fully saturated rings. The molecule has 0 aromatic heterocycles.